The molecule has 0 aliphatic carbocycles. The van der Waals surface area contributed by atoms with Crippen LogP contribution in [0.25, 0.3) is 11.0 Å². The summed E-state index contributed by atoms with van der Waals surface area (Å²) in [5.41, 5.74) is 0.697. The second-order valence-electron chi connectivity index (χ2n) is 5.92. The summed E-state index contributed by atoms with van der Waals surface area (Å²) in [6.07, 6.45) is 1.44. The van der Waals surface area contributed by atoms with Crippen LogP contribution in [0.1, 0.15) is 18.4 Å². The molecule has 2 aromatic heterocycles. The van der Waals surface area contributed by atoms with Crippen molar-refractivity contribution in [2.75, 3.05) is 5.32 Å². The molecule has 3 aromatic rings. The number of pyridine rings is 1. The molecule has 25 heavy (non-hydrogen) atoms. The summed E-state index contributed by atoms with van der Waals surface area (Å²) in [6.45, 7) is 1.81. The normalized spacial score (nSPS) is 12.1. The van der Waals surface area contributed by atoms with Gasteiger partial charge in [-0.1, -0.05) is 30.3 Å². The van der Waals surface area contributed by atoms with Gasteiger partial charge in [-0.25, -0.2) is 9.78 Å². The largest absolute Gasteiger partial charge is 0.332 e. The molecule has 0 bridgehead atoms. The van der Waals surface area contributed by atoms with Crippen LogP contribution >= 0.6 is 0 Å². The summed E-state index contributed by atoms with van der Waals surface area (Å²) in [4.78, 5) is 40.8. The molecule has 0 spiro atoms. The van der Waals surface area contributed by atoms with Crippen LogP contribution in [-0.2, 0) is 18.9 Å². The van der Waals surface area contributed by atoms with Gasteiger partial charge in [0.2, 0.25) is 5.91 Å². The van der Waals surface area contributed by atoms with Crippen molar-refractivity contribution < 1.29 is 4.79 Å². The highest BCUT2D eigenvalue weighted by Crippen LogP contribution is 2.18. The van der Waals surface area contributed by atoms with Crippen molar-refractivity contribution in [1.29, 1.82) is 0 Å². The Labute approximate surface area is 143 Å². The zero-order chi connectivity index (χ0) is 18.1. The number of amides is 1. The summed E-state index contributed by atoms with van der Waals surface area (Å²) >= 11 is 0. The van der Waals surface area contributed by atoms with Crippen LogP contribution in [0.3, 0.4) is 0 Å². The van der Waals surface area contributed by atoms with E-state index in [-0.39, 0.29) is 22.9 Å². The van der Waals surface area contributed by atoms with Crippen LogP contribution in [0.5, 0.6) is 0 Å². The molecule has 128 valence electrons. The van der Waals surface area contributed by atoms with Crippen molar-refractivity contribution >= 4 is 22.6 Å². The smallest absolute Gasteiger partial charge is 0.324 e. The summed E-state index contributed by atoms with van der Waals surface area (Å²) < 4.78 is 2.32. The molecule has 0 unspecified atom stereocenters. The van der Waals surface area contributed by atoms with Gasteiger partial charge in [0.25, 0.3) is 5.56 Å². The van der Waals surface area contributed by atoms with Gasteiger partial charge < -0.3 is 5.32 Å². The molecule has 1 N–H and O–H groups in total. The molecule has 3 rings (SSSR count). The Morgan fingerprint density at radius 1 is 1.12 bits per heavy atom. The van der Waals surface area contributed by atoms with Crippen LogP contribution in [0.2, 0.25) is 0 Å². The highest BCUT2D eigenvalue weighted by atomic mass is 16.2. The van der Waals surface area contributed by atoms with E-state index in [1.165, 1.54) is 17.8 Å². The predicted octanol–water partition coefficient (Wildman–Crippen LogP) is 1.37. The predicted molar refractivity (Wildman–Crippen MR) is 95.7 cm³/mol. The van der Waals surface area contributed by atoms with E-state index in [2.05, 4.69) is 10.3 Å². The number of hydrogen-bond donors (Lipinski definition) is 1. The lowest BCUT2D eigenvalue weighted by atomic mass is 10.0. The number of fused-ring (bicyclic) bond motifs is 1. The zero-order valence-electron chi connectivity index (χ0n) is 14.2. The molecule has 1 amide bonds. The van der Waals surface area contributed by atoms with Crippen LogP contribution in [0, 0.1) is 0 Å². The van der Waals surface area contributed by atoms with E-state index in [1.54, 1.807) is 13.1 Å². The summed E-state index contributed by atoms with van der Waals surface area (Å²) in [7, 11) is 2.96. The molecule has 7 heteroatoms. The fraction of sp³-hybridized carbons (Fsp3) is 0.222. The van der Waals surface area contributed by atoms with Crippen molar-refractivity contribution in [3.05, 3.63) is 69.0 Å². The van der Waals surface area contributed by atoms with E-state index >= 15 is 0 Å². The van der Waals surface area contributed by atoms with Crippen LogP contribution in [-0.4, -0.2) is 20.0 Å². The summed E-state index contributed by atoms with van der Waals surface area (Å²) in [5, 5.41) is 3.05. The van der Waals surface area contributed by atoms with Crippen molar-refractivity contribution in [2.24, 2.45) is 14.1 Å². The number of anilines is 1. The van der Waals surface area contributed by atoms with Gasteiger partial charge in [0.15, 0.2) is 0 Å². The Morgan fingerprint density at radius 3 is 2.48 bits per heavy atom. The Balaban J connectivity index is 1.96. The van der Waals surface area contributed by atoms with Gasteiger partial charge in [-0.05, 0) is 18.6 Å². The van der Waals surface area contributed by atoms with Gasteiger partial charge in [0, 0.05) is 14.1 Å². The van der Waals surface area contributed by atoms with Crippen LogP contribution < -0.4 is 16.6 Å². The van der Waals surface area contributed by atoms with E-state index in [1.807, 2.05) is 37.3 Å². The topological polar surface area (TPSA) is 86.0 Å². The van der Waals surface area contributed by atoms with Crippen molar-refractivity contribution in [3.8, 4) is 0 Å². The van der Waals surface area contributed by atoms with Gasteiger partial charge in [-0.3, -0.25) is 18.7 Å². The maximum absolute atomic E-state index is 12.4. The molecule has 0 saturated carbocycles. The number of rotatable bonds is 3. The number of nitrogens with zero attached hydrogens (tertiary/aromatic N) is 3. The molecule has 1 atom stereocenters. The SMILES string of the molecule is C[C@H](C(=O)Nc1cnc2c(c1)c(=O)n(C)c(=O)n2C)c1ccccc1. The van der Waals surface area contributed by atoms with Gasteiger partial charge in [-0.2, -0.15) is 0 Å². The standard InChI is InChI=1S/C18H18N4O3/c1-11(12-7-5-4-6-8-12)16(23)20-13-9-14-15(19-10-13)21(2)18(25)22(3)17(14)24/h4-11H,1-3H3,(H,20,23)/t11-/m0/s1. The lowest BCUT2D eigenvalue weighted by molar-refractivity contribution is -0.117. The molecule has 0 fully saturated rings. The maximum Gasteiger partial charge on any atom is 0.332 e. The van der Waals surface area contributed by atoms with E-state index in [4.69, 9.17) is 0 Å². The van der Waals surface area contributed by atoms with Crippen LogP contribution in [0.4, 0.5) is 5.69 Å². The molecule has 7 nitrogen and oxygen atoms in total. The van der Waals surface area contributed by atoms with Gasteiger partial charge in [-0.15, -0.1) is 0 Å². The molecule has 0 saturated heterocycles. The minimum absolute atomic E-state index is 0.200. The van der Waals surface area contributed by atoms with Gasteiger partial charge in [0.1, 0.15) is 5.65 Å². The number of aryl methyl sites for hydroxylation is 1. The van der Waals surface area contributed by atoms with E-state index in [0.29, 0.717) is 5.69 Å². The van der Waals surface area contributed by atoms with Crippen molar-refractivity contribution in [2.45, 2.75) is 12.8 Å². The highest BCUT2D eigenvalue weighted by Gasteiger charge is 2.16. The van der Waals surface area contributed by atoms with Crippen molar-refractivity contribution in [1.82, 2.24) is 14.1 Å². The Hall–Kier alpha value is -3.22. The minimum Gasteiger partial charge on any atom is -0.324 e. The fourth-order valence-corrected chi connectivity index (χ4v) is 2.68. The third-order valence-corrected chi connectivity index (χ3v) is 4.25. The molecule has 0 aliphatic heterocycles. The molecule has 0 aliphatic rings. The number of hydrogen-bond acceptors (Lipinski definition) is 4. The second kappa shape index (κ2) is 6.35. The minimum atomic E-state index is -0.446. The molecule has 1 aromatic carbocycles. The monoisotopic (exact) mass is 338 g/mol. The number of aromatic nitrogens is 3. The Bertz CT molecular complexity index is 1070. The Kier molecular flexibility index (Phi) is 4.22. The number of benzene rings is 1. The zero-order valence-corrected chi connectivity index (χ0v) is 14.2. The molecule has 0 radical (unpaired) electrons. The molecule has 2 heterocycles. The quantitative estimate of drug-likeness (QED) is 0.781. The first-order chi connectivity index (χ1) is 11.9. The second-order valence-corrected chi connectivity index (χ2v) is 5.92. The lowest BCUT2D eigenvalue weighted by Crippen LogP contribution is -2.37. The summed E-state index contributed by atoms with van der Waals surface area (Å²) in [6, 6.07) is 11.0. The highest BCUT2D eigenvalue weighted by molar-refractivity contribution is 5.96. The van der Waals surface area contributed by atoms with E-state index in [0.717, 1.165) is 10.1 Å². The van der Waals surface area contributed by atoms with Gasteiger partial charge in [0.05, 0.1) is 23.2 Å². The number of carbonyl (C=O) groups excluding carboxylic acids is 1. The average Bonchev–Trinajstić information content (AvgIpc) is 2.64. The first-order valence-electron chi connectivity index (χ1n) is 7.81. The average molecular weight is 338 g/mol. The maximum atomic E-state index is 12.4. The number of nitrogens with one attached hydrogen (secondary N) is 1. The van der Waals surface area contributed by atoms with Crippen LogP contribution in [0.15, 0.2) is 52.2 Å². The Morgan fingerprint density at radius 2 is 1.80 bits per heavy atom. The number of carbonyl (C=O) groups is 1. The molecular weight excluding hydrogens is 320 g/mol. The fourth-order valence-electron chi connectivity index (χ4n) is 2.68. The van der Waals surface area contributed by atoms with Crippen molar-refractivity contribution in [3.63, 3.8) is 0 Å². The third-order valence-electron chi connectivity index (χ3n) is 4.25. The first-order valence-corrected chi connectivity index (χ1v) is 7.81. The molecular formula is C18H18N4O3. The van der Waals surface area contributed by atoms with Gasteiger partial charge >= 0.3 is 5.69 Å². The third kappa shape index (κ3) is 2.96. The summed E-state index contributed by atoms with van der Waals surface area (Å²) in [5.74, 6) is -0.547. The van der Waals surface area contributed by atoms with E-state index in [9.17, 15) is 14.4 Å². The first kappa shape index (κ1) is 16.6. The lowest BCUT2D eigenvalue weighted by Gasteiger charge is -2.13. The van der Waals surface area contributed by atoms with E-state index < -0.39 is 11.2 Å².